The van der Waals surface area contributed by atoms with Crippen molar-refractivity contribution in [3.63, 3.8) is 0 Å². The molecule has 1 aromatic rings. The molecule has 2 rings (SSSR count). The first-order chi connectivity index (χ1) is 7.71. The maximum Gasteiger partial charge on any atom is 0.322 e. The van der Waals surface area contributed by atoms with E-state index in [1.807, 2.05) is 0 Å². The van der Waals surface area contributed by atoms with Crippen molar-refractivity contribution in [3.05, 3.63) is 5.28 Å². The van der Waals surface area contributed by atoms with Crippen LogP contribution >= 0.6 is 11.6 Å². The average molecular weight is 245 g/mol. The van der Waals surface area contributed by atoms with Crippen LogP contribution in [-0.4, -0.2) is 41.3 Å². The molecule has 1 aromatic heterocycles. The SMILES string of the molecule is COc1nc(Cl)nc(NC2CC(OC)C2)n1. The highest BCUT2D eigenvalue weighted by molar-refractivity contribution is 6.28. The van der Waals surface area contributed by atoms with Gasteiger partial charge in [0.1, 0.15) is 0 Å². The van der Waals surface area contributed by atoms with E-state index < -0.39 is 0 Å². The summed E-state index contributed by atoms with van der Waals surface area (Å²) in [6.07, 6.45) is 2.22. The van der Waals surface area contributed by atoms with Gasteiger partial charge in [-0.25, -0.2) is 0 Å². The summed E-state index contributed by atoms with van der Waals surface area (Å²) in [6, 6.07) is 0.540. The number of hydrogen-bond donors (Lipinski definition) is 1. The number of halogens is 1. The molecule has 1 fully saturated rings. The van der Waals surface area contributed by atoms with Crippen molar-refractivity contribution in [1.29, 1.82) is 0 Å². The Morgan fingerprint density at radius 3 is 2.62 bits per heavy atom. The van der Waals surface area contributed by atoms with Crippen LogP contribution in [0.25, 0.3) is 0 Å². The summed E-state index contributed by atoms with van der Waals surface area (Å²) < 4.78 is 10.1. The normalized spacial score (nSPS) is 23.7. The van der Waals surface area contributed by atoms with Crippen LogP contribution in [0, 0.1) is 0 Å². The summed E-state index contributed by atoms with van der Waals surface area (Å²) in [5.74, 6) is 0.441. The number of anilines is 1. The topological polar surface area (TPSA) is 69.2 Å². The molecule has 0 amide bonds. The number of nitrogens with zero attached hydrogens (tertiary/aromatic N) is 3. The molecule has 1 aliphatic rings. The highest BCUT2D eigenvalue weighted by atomic mass is 35.5. The molecule has 0 unspecified atom stereocenters. The van der Waals surface area contributed by atoms with Gasteiger partial charge in [-0.15, -0.1) is 0 Å². The van der Waals surface area contributed by atoms with Gasteiger partial charge in [-0.1, -0.05) is 0 Å². The molecule has 0 spiro atoms. The first-order valence-corrected chi connectivity index (χ1v) is 5.34. The number of methoxy groups -OCH3 is 2. The monoisotopic (exact) mass is 244 g/mol. The van der Waals surface area contributed by atoms with Gasteiger partial charge >= 0.3 is 6.01 Å². The first kappa shape index (κ1) is 11.3. The van der Waals surface area contributed by atoms with E-state index in [0.717, 1.165) is 12.8 Å². The quantitative estimate of drug-likeness (QED) is 0.856. The molecule has 0 bridgehead atoms. The molecule has 6 nitrogen and oxygen atoms in total. The molecule has 0 aromatic carbocycles. The van der Waals surface area contributed by atoms with Crippen molar-refractivity contribution >= 4 is 17.5 Å². The van der Waals surface area contributed by atoms with Gasteiger partial charge in [-0.2, -0.15) is 15.0 Å². The van der Waals surface area contributed by atoms with E-state index in [-0.39, 0.29) is 11.3 Å². The third-order valence-electron chi connectivity index (χ3n) is 2.53. The van der Waals surface area contributed by atoms with E-state index in [1.54, 1.807) is 7.11 Å². The fourth-order valence-corrected chi connectivity index (χ4v) is 1.70. The van der Waals surface area contributed by atoms with Crippen LogP contribution in [0.4, 0.5) is 5.95 Å². The summed E-state index contributed by atoms with van der Waals surface area (Å²) in [4.78, 5) is 11.8. The summed E-state index contributed by atoms with van der Waals surface area (Å²) in [7, 11) is 3.20. The van der Waals surface area contributed by atoms with Crippen molar-refractivity contribution in [2.75, 3.05) is 19.5 Å². The summed E-state index contributed by atoms with van der Waals surface area (Å²) >= 11 is 5.72. The van der Waals surface area contributed by atoms with Gasteiger partial charge in [0, 0.05) is 13.2 Å². The van der Waals surface area contributed by atoms with Gasteiger partial charge in [0.05, 0.1) is 13.2 Å². The minimum absolute atomic E-state index is 0.122. The highest BCUT2D eigenvalue weighted by Crippen LogP contribution is 2.25. The summed E-state index contributed by atoms with van der Waals surface area (Å²) in [5.41, 5.74) is 0. The largest absolute Gasteiger partial charge is 0.467 e. The van der Waals surface area contributed by atoms with E-state index in [9.17, 15) is 0 Å². The predicted octanol–water partition coefficient (Wildman–Crippen LogP) is 1.12. The van der Waals surface area contributed by atoms with Crippen molar-refractivity contribution in [2.24, 2.45) is 0 Å². The Bertz CT molecular complexity index is 371. The molecule has 0 aliphatic heterocycles. The van der Waals surface area contributed by atoms with E-state index in [0.29, 0.717) is 18.1 Å². The van der Waals surface area contributed by atoms with Gasteiger partial charge in [0.2, 0.25) is 11.2 Å². The van der Waals surface area contributed by atoms with Crippen LogP contribution in [0.3, 0.4) is 0 Å². The van der Waals surface area contributed by atoms with Gasteiger partial charge in [-0.3, -0.25) is 0 Å². The van der Waals surface area contributed by atoms with E-state index >= 15 is 0 Å². The zero-order valence-electron chi connectivity index (χ0n) is 9.11. The number of nitrogens with one attached hydrogen (secondary N) is 1. The Morgan fingerprint density at radius 1 is 1.25 bits per heavy atom. The Kier molecular flexibility index (Phi) is 3.40. The van der Waals surface area contributed by atoms with Crippen LogP contribution in [0.1, 0.15) is 12.8 Å². The van der Waals surface area contributed by atoms with Crippen molar-refractivity contribution in [2.45, 2.75) is 25.0 Å². The molecule has 0 radical (unpaired) electrons. The van der Waals surface area contributed by atoms with Crippen LogP contribution in [-0.2, 0) is 4.74 Å². The molecule has 16 heavy (non-hydrogen) atoms. The maximum absolute atomic E-state index is 5.72. The lowest BCUT2D eigenvalue weighted by Crippen LogP contribution is -2.40. The third kappa shape index (κ3) is 2.51. The Hall–Kier alpha value is -1.14. The molecule has 1 N–H and O–H groups in total. The van der Waals surface area contributed by atoms with Gasteiger partial charge in [0.25, 0.3) is 0 Å². The smallest absolute Gasteiger partial charge is 0.322 e. The van der Waals surface area contributed by atoms with Gasteiger partial charge in [-0.05, 0) is 24.4 Å². The molecule has 88 valence electrons. The average Bonchev–Trinajstić information content (AvgIpc) is 2.22. The van der Waals surface area contributed by atoms with Gasteiger partial charge < -0.3 is 14.8 Å². The summed E-state index contributed by atoms with van der Waals surface area (Å²) in [5, 5.41) is 3.27. The second-order valence-corrected chi connectivity index (χ2v) is 3.92. The van der Waals surface area contributed by atoms with E-state index in [2.05, 4.69) is 20.3 Å². The number of rotatable bonds is 4. The fraction of sp³-hybridized carbons (Fsp3) is 0.667. The number of ether oxygens (including phenoxy) is 2. The Labute approximate surface area is 98.4 Å². The van der Waals surface area contributed by atoms with Crippen molar-refractivity contribution < 1.29 is 9.47 Å². The zero-order chi connectivity index (χ0) is 11.5. The first-order valence-electron chi connectivity index (χ1n) is 4.96. The van der Waals surface area contributed by atoms with Crippen LogP contribution in [0.2, 0.25) is 5.28 Å². The molecule has 1 saturated carbocycles. The van der Waals surface area contributed by atoms with E-state index in [1.165, 1.54) is 7.11 Å². The van der Waals surface area contributed by atoms with E-state index in [4.69, 9.17) is 21.1 Å². The molecule has 1 heterocycles. The summed E-state index contributed by atoms with van der Waals surface area (Å²) in [6.45, 7) is 0. The van der Waals surface area contributed by atoms with Crippen LogP contribution in [0.15, 0.2) is 0 Å². The molecular weight excluding hydrogens is 232 g/mol. The zero-order valence-corrected chi connectivity index (χ0v) is 9.86. The van der Waals surface area contributed by atoms with Crippen LogP contribution in [0.5, 0.6) is 6.01 Å². The second kappa shape index (κ2) is 4.80. The molecule has 0 saturated heterocycles. The lowest BCUT2D eigenvalue weighted by Gasteiger charge is -2.34. The minimum Gasteiger partial charge on any atom is -0.467 e. The van der Waals surface area contributed by atoms with Crippen molar-refractivity contribution in [3.8, 4) is 6.01 Å². The number of aromatic nitrogens is 3. The lowest BCUT2D eigenvalue weighted by molar-refractivity contribution is 0.0327. The molecule has 0 atom stereocenters. The number of hydrogen-bond acceptors (Lipinski definition) is 6. The molecule has 7 heteroatoms. The standard InChI is InChI=1S/C9H13ClN4O2/c1-15-6-3-5(4-6)11-8-12-7(10)13-9(14-8)16-2/h5-6H,3-4H2,1-2H3,(H,11,12,13,14). The lowest BCUT2D eigenvalue weighted by atomic mass is 9.89. The highest BCUT2D eigenvalue weighted by Gasteiger charge is 2.29. The molecule has 1 aliphatic carbocycles. The van der Waals surface area contributed by atoms with Crippen molar-refractivity contribution in [1.82, 2.24) is 15.0 Å². The predicted molar refractivity (Wildman–Crippen MR) is 58.8 cm³/mol. The second-order valence-electron chi connectivity index (χ2n) is 3.59. The van der Waals surface area contributed by atoms with Gasteiger partial charge in [0.15, 0.2) is 0 Å². The fourth-order valence-electron chi connectivity index (χ4n) is 1.55. The minimum atomic E-state index is 0.122. The maximum atomic E-state index is 5.72. The Morgan fingerprint density at radius 2 is 2.00 bits per heavy atom. The Balaban J connectivity index is 1.97. The molecular formula is C9H13ClN4O2. The third-order valence-corrected chi connectivity index (χ3v) is 2.70. The van der Waals surface area contributed by atoms with Crippen LogP contribution < -0.4 is 10.1 Å².